The molecule has 1 unspecified atom stereocenters. The first-order valence-electron chi connectivity index (χ1n) is 7.01. The molecule has 0 aliphatic carbocycles. The topological polar surface area (TPSA) is 79.0 Å². The number of likely N-dealkylation sites (tertiary alicyclic amines) is 2. The van der Waals surface area contributed by atoms with Gasteiger partial charge in [-0.2, -0.15) is 0 Å². The highest BCUT2D eigenvalue weighted by molar-refractivity contribution is 6.05. The van der Waals surface area contributed by atoms with Gasteiger partial charge in [0.2, 0.25) is 11.8 Å². The van der Waals surface area contributed by atoms with Crippen LogP contribution in [-0.2, 0) is 14.3 Å². The number of carbonyl (C=O) groups is 3. The number of carbonyl (C=O) groups excluding carboxylic acids is 3. The van der Waals surface area contributed by atoms with Crippen LogP contribution in [0.2, 0.25) is 0 Å². The van der Waals surface area contributed by atoms with Gasteiger partial charge in [0.15, 0.2) is 0 Å². The largest absolute Gasteiger partial charge is 0.450 e. The minimum absolute atomic E-state index is 0.142. The van der Waals surface area contributed by atoms with Crippen molar-refractivity contribution in [1.29, 1.82) is 0 Å². The zero-order chi connectivity index (χ0) is 14.7. The molecular weight excluding hydrogens is 262 g/mol. The van der Waals surface area contributed by atoms with Crippen molar-refractivity contribution < 1.29 is 19.1 Å². The van der Waals surface area contributed by atoms with Crippen LogP contribution in [0.25, 0.3) is 0 Å². The summed E-state index contributed by atoms with van der Waals surface area (Å²) in [6, 6.07) is -0.249. The second-order valence-corrected chi connectivity index (χ2v) is 5.17. The molecule has 2 aliphatic heterocycles. The fourth-order valence-corrected chi connectivity index (χ4v) is 2.61. The Morgan fingerprint density at radius 1 is 1.35 bits per heavy atom. The van der Waals surface area contributed by atoms with Crippen LogP contribution in [-0.4, -0.2) is 66.5 Å². The maximum absolute atomic E-state index is 11.8. The Labute approximate surface area is 118 Å². The smallest absolute Gasteiger partial charge is 0.409 e. The van der Waals surface area contributed by atoms with E-state index in [9.17, 15) is 14.4 Å². The summed E-state index contributed by atoms with van der Waals surface area (Å²) in [5, 5.41) is 3.23. The molecule has 0 spiro atoms. The first-order valence-corrected chi connectivity index (χ1v) is 7.01. The zero-order valence-corrected chi connectivity index (χ0v) is 11.9. The highest BCUT2D eigenvalue weighted by Crippen LogP contribution is 2.16. The molecule has 0 aromatic carbocycles. The summed E-state index contributed by atoms with van der Waals surface area (Å²) in [6.07, 6.45) is 1.48. The van der Waals surface area contributed by atoms with Crippen LogP contribution in [0.1, 0.15) is 26.2 Å². The number of imide groups is 1. The van der Waals surface area contributed by atoms with Crippen molar-refractivity contribution in [2.75, 3.05) is 26.7 Å². The van der Waals surface area contributed by atoms with E-state index in [1.165, 1.54) is 11.9 Å². The van der Waals surface area contributed by atoms with Crippen LogP contribution in [0, 0.1) is 0 Å². The molecule has 0 aromatic heterocycles. The molecule has 7 heteroatoms. The van der Waals surface area contributed by atoms with Crippen molar-refractivity contribution in [2.45, 2.75) is 38.3 Å². The molecule has 1 atom stereocenters. The number of amides is 3. The Morgan fingerprint density at radius 2 is 2.00 bits per heavy atom. The van der Waals surface area contributed by atoms with E-state index in [0.717, 1.165) is 12.8 Å². The number of ether oxygens (including phenoxy) is 1. The number of hydrogen-bond donors (Lipinski definition) is 1. The molecule has 2 aliphatic rings. The lowest BCUT2D eigenvalue weighted by molar-refractivity contribution is -0.137. The van der Waals surface area contributed by atoms with Gasteiger partial charge in [0.05, 0.1) is 19.1 Å². The molecule has 2 saturated heterocycles. The van der Waals surface area contributed by atoms with Crippen molar-refractivity contribution >= 4 is 17.9 Å². The highest BCUT2D eigenvalue weighted by Gasteiger charge is 2.37. The summed E-state index contributed by atoms with van der Waals surface area (Å²) in [6.45, 7) is 3.38. The number of nitrogens with zero attached hydrogens (tertiary/aromatic N) is 2. The molecular formula is C13H21N3O4. The van der Waals surface area contributed by atoms with Crippen molar-refractivity contribution in [1.82, 2.24) is 15.1 Å². The Morgan fingerprint density at radius 3 is 2.50 bits per heavy atom. The standard InChI is InChI=1S/C13H21N3O4/c1-3-20-13(19)16-6-4-9(5-7-16)14-10-8-11(17)15(2)12(10)18/h9-10,14H,3-8H2,1-2H3. The SMILES string of the molecule is CCOC(=O)N1CCC(NC2CC(=O)N(C)C2=O)CC1. The van der Waals surface area contributed by atoms with Gasteiger partial charge in [-0.1, -0.05) is 0 Å². The third-order valence-corrected chi connectivity index (χ3v) is 3.84. The predicted molar refractivity (Wildman–Crippen MR) is 70.9 cm³/mol. The number of rotatable bonds is 3. The van der Waals surface area contributed by atoms with E-state index in [0.29, 0.717) is 19.7 Å². The summed E-state index contributed by atoms with van der Waals surface area (Å²) in [5.41, 5.74) is 0. The van der Waals surface area contributed by atoms with Gasteiger partial charge in [0.25, 0.3) is 0 Å². The van der Waals surface area contributed by atoms with Crippen molar-refractivity contribution in [3.8, 4) is 0 Å². The quantitative estimate of drug-likeness (QED) is 0.735. The average Bonchev–Trinajstić information content (AvgIpc) is 2.67. The van der Waals surface area contributed by atoms with Gasteiger partial charge < -0.3 is 15.0 Å². The summed E-state index contributed by atoms with van der Waals surface area (Å²) >= 11 is 0. The van der Waals surface area contributed by atoms with Crippen LogP contribution in [0.15, 0.2) is 0 Å². The molecule has 112 valence electrons. The molecule has 7 nitrogen and oxygen atoms in total. The van der Waals surface area contributed by atoms with Crippen LogP contribution in [0.5, 0.6) is 0 Å². The minimum atomic E-state index is -0.411. The van der Waals surface area contributed by atoms with Crippen molar-refractivity contribution in [3.63, 3.8) is 0 Å². The van der Waals surface area contributed by atoms with Gasteiger partial charge in [-0.3, -0.25) is 14.5 Å². The van der Waals surface area contributed by atoms with E-state index in [2.05, 4.69) is 5.32 Å². The van der Waals surface area contributed by atoms with Gasteiger partial charge in [-0.15, -0.1) is 0 Å². The Hall–Kier alpha value is -1.63. The van der Waals surface area contributed by atoms with Gasteiger partial charge in [0.1, 0.15) is 0 Å². The normalized spacial score (nSPS) is 24.4. The summed E-state index contributed by atoms with van der Waals surface area (Å²) in [5.74, 6) is -0.306. The number of nitrogens with one attached hydrogen (secondary N) is 1. The molecule has 2 rings (SSSR count). The monoisotopic (exact) mass is 283 g/mol. The molecule has 0 saturated carbocycles. The van der Waals surface area contributed by atoms with Gasteiger partial charge >= 0.3 is 6.09 Å². The maximum Gasteiger partial charge on any atom is 0.409 e. The lowest BCUT2D eigenvalue weighted by Crippen LogP contribution is -2.49. The van der Waals surface area contributed by atoms with E-state index in [1.807, 2.05) is 0 Å². The Kier molecular flexibility index (Phi) is 4.59. The van der Waals surface area contributed by atoms with Gasteiger partial charge in [0, 0.05) is 26.2 Å². The number of piperidine rings is 1. The Balaban J connectivity index is 1.79. The van der Waals surface area contributed by atoms with E-state index in [-0.39, 0.29) is 30.4 Å². The first kappa shape index (κ1) is 14.8. The molecule has 0 bridgehead atoms. The van der Waals surface area contributed by atoms with Gasteiger partial charge in [-0.05, 0) is 19.8 Å². The van der Waals surface area contributed by atoms with Crippen LogP contribution >= 0.6 is 0 Å². The summed E-state index contributed by atoms with van der Waals surface area (Å²) in [4.78, 5) is 37.7. The molecule has 0 radical (unpaired) electrons. The lowest BCUT2D eigenvalue weighted by atomic mass is 10.0. The second kappa shape index (κ2) is 6.21. The zero-order valence-electron chi connectivity index (χ0n) is 11.9. The third kappa shape index (κ3) is 3.09. The minimum Gasteiger partial charge on any atom is -0.450 e. The van der Waals surface area contributed by atoms with Crippen molar-refractivity contribution in [3.05, 3.63) is 0 Å². The van der Waals surface area contributed by atoms with E-state index in [1.54, 1.807) is 11.8 Å². The van der Waals surface area contributed by atoms with Crippen LogP contribution in [0.3, 0.4) is 0 Å². The average molecular weight is 283 g/mol. The summed E-state index contributed by atoms with van der Waals surface area (Å²) in [7, 11) is 1.51. The maximum atomic E-state index is 11.8. The highest BCUT2D eigenvalue weighted by atomic mass is 16.6. The molecule has 20 heavy (non-hydrogen) atoms. The first-order chi connectivity index (χ1) is 9.52. The molecule has 1 N–H and O–H groups in total. The Bertz CT molecular complexity index is 404. The fourth-order valence-electron chi connectivity index (χ4n) is 2.61. The third-order valence-electron chi connectivity index (χ3n) is 3.84. The van der Waals surface area contributed by atoms with Crippen LogP contribution in [0.4, 0.5) is 4.79 Å². The summed E-state index contributed by atoms with van der Waals surface area (Å²) < 4.78 is 4.96. The van der Waals surface area contributed by atoms with E-state index in [4.69, 9.17) is 4.74 Å². The predicted octanol–water partition coefficient (Wildman–Crippen LogP) is -0.0458. The van der Waals surface area contributed by atoms with E-state index >= 15 is 0 Å². The molecule has 2 heterocycles. The molecule has 0 aromatic rings. The number of hydrogen-bond acceptors (Lipinski definition) is 5. The van der Waals surface area contributed by atoms with Crippen LogP contribution < -0.4 is 5.32 Å². The fraction of sp³-hybridized carbons (Fsp3) is 0.769. The second-order valence-electron chi connectivity index (χ2n) is 5.17. The lowest BCUT2D eigenvalue weighted by Gasteiger charge is -2.32. The van der Waals surface area contributed by atoms with Gasteiger partial charge in [-0.25, -0.2) is 4.79 Å². The van der Waals surface area contributed by atoms with E-state index < -0.39 is 6.04 Å². The van der Waals surface area contributed by atoms with Crippen molar-refractivity contribution in [2.24, 2.45) is 0 Å². The number of likely N-dealkylation sites (N-methyl/N-ethyl adjacent to an activating group) is 1. The molecule has 3 amide bonds. The molecule has 2 fully saturated rings.